The van der Waals surface area contributed by atoms with Crippen LogP contribution in [0, 0.1) is 18.3 Å². The highest BCUT2D eigenvalue weighted by Gasteiger charge is 2.14. The Morgan fingerprint density at radius 3 is 2.51 bits per heavy atom. The maximum Gasteiger partial charge on any atom is 0.268 e. The number of methoxy groups -OCH3 is 1. The van der Waals surface area contributed by atoms with Gasteiger partial charge in [0.25, 0.3) is 5.91 Å². The number of thiazole rings is 1. The van der Waals surface area contributed by atoms with Gasteiger partial charge in [0.2, 0.25) is 0 Å². The Kier molecular flexibility index (Phi) is 8.53. The zero-order valence-electron chi connectivity index (χ0n) is 20.4. The third kappa shape index (κ3) is 6.97. The lowest BCUT2D eigenvalue weighted by atomic mass is 10.1. The number of nitrogens with zero attached hydrogens (tertiary/aromatic N) is 2. The lowest BCUT2D eigenvalue weighted by molar-refractivity contribution is -0.112. The van der Waals surface area contributed by atoms with Gasteiger partial charge in [0.05, 0.1) is 12.8 Å². The van der Waals surface area contributed by atoms with E-state index < -0.39 is 5.91 Å². The molecule has 186 valence electrons. The summed E-state index contributed by atoms with van der Waals surface area (Å²) in [5, 5.41) is 14.6. The molecule has 3 aromatic carbocycles. The smallest absolute Gasteiger partial charge is 0.268 e. The number of benzene rings is 3. The highest BCUT2D eigenvalue weighted by atomic mass is 32.1. The fourth-order valence-corrected chi connectivity index (χ4v) is 4.11. The highest BCUT2D eigenvalue weighted by molar-refractivity contribution is 7.14. The van der Waals surface area contributed by atoms with Gasteiger partial charge < -0.3 is 14.2 Å². The molecule has 0 atom stereocenters. The molecule has 0 radical (unpaired) electrons. The lowest BCUT2D eigenvalue weighted by Gasteiger charge is -2.12. The normalized spacial score (nSPS) is 10.9. The first-order valence-electron chi connectivity index (χ1n) is 11.5. The Morgan fingerprint density at radius 2 is 1.78 bits per heavy atom. The molecule has 1 amide bonds. The molecular formula is C29H25N3O4S. The Labute approximate surface area is 219 Å². The molecule has 0 aliphatic rings. The van der Waals surface area contributed by atoms with Crippen molar-refractivity contribution in [2.75, 3.05) is 25.6 Å². The molecule has 0 aliphatic heterocycles. The summed E-state index contributed by atoms with van der Waals surface area (Å²) in [6.07, 6.45) is 1.49. The van der Waals surface area contributed by atoms with E-state index in [-0.39, 0.29) is 5.57 Å². The number of nitriles is 1. The second-order valence-corrected chi connectivity index (χ2v) is 8.81. The van der Waals surface area contributed by atoms with E-state index in [1.165, 1.54) is 30.1 Å². The summed E-state index contributed by atoms with van der Waals surface area (Å²) in [7, 11) is 1.53. The predicted octanol–water partition coefficient (Wildman–Crippen LogP) is 6.13. The third-order valence-electron chi connectivity index (χ3n) is 5.29. The topological polar surface area (TPSA) is 93.5 Å². The molecule has 8 heteroatoms. The van der Waals surface area contributed by atoms with Crippen molar-refractivity contribution in [1.82, 2.24) is 4.98 Å². The van der Waals surface area contributed by atoms with Crippen molar-refractivity contribution >= 4 is 28.5 Å². The van der Waals surface area contributed by atoms with Gasteiger partial charge in [0.1, 0.15) is 30.6 Å². The van der Waals surface area contributed by atoms with E-state index >= 15 is 0 Å². The van der Waals surface area contributed by atoms with Crippen LogP contribution in [0.15, 0.2) is 83.7 Å². The SMILES string of the molecule is COc1cc(C=C(C#N)C(=O)Nc2nc(-c3ccccc3)cs2)ccc1OCCOc1ccc(C)cc1. The number of nitrogens with one attached hydrogen (secondary N) is 1. The molecule has 0 saturated carbocycles. The van der Waals surface area contributed by atoms with Crippen molar-refractivity contribution in [3.63, 3.8) is 0 Å². The quantitative estimate of drug-likeness (QED) is 0.156. The third-order valence-corrected chi connectivity index (χ3v) is 6.05. The molecule has 0 spiro atoms. The van der Waals surface area contributed by atoms with E-state index in [1.807, 2.05) is 73.0 Å². The zero-order chi connectivity index (χ0) is 26.0. The van der Waals surface area contributed by atoms with E-state index in [0.29, 0.717) is 35.4 Å². The minimum Gasteiger partial charge on any atom is -0.493 e. The number of amides is 1. The van der Waals surface area contributed by atoms with Crippen molar-refractivity contribution in [3.05, 3.63) is 94.9 Å². The number of aromatic nitrogens is 1. The number of anilines is 1. The lowest BCUT2D eigenvalue weighted by Crippen LogP contribution is -2.13. The van der Waals surface area contributed by atoms with Crippen LogP contribution in [0.5, 0.6) is 17.2 Å². The molecule has 4 aromatic rings. The first kappa shape index (κ1) is 25.5. The molecule has 0 fully saturated rings. The summed E-state index contributed by atoms with van der Waals surface area (Å²) in [6, 6.07) is 24.6. The Bertz CT molecular complexity index is 1420. The van der Waals surface area contributed by atoms with Crippen LogP contribution < -0.4 is 19.5 Å². The molecule has 4 rings (SSSR count). The van der Waals surface area contributed by atoms with Crippen LogP contribution in [0.1, 0.15) is 11.1 Å². The molecule has 7 nitrogen and oxygen atoms in total. The van der Waals surface area contributed by atoms with Crippen LogP contribution in [-0.2, 0) is 4.79 Å². The van der Waals surface area contributed by atoms with Gasteiger partial charge in [-0.2, -0.15) is 5.26 Å². The standard InChI is InChI=1S/C29H25N3O4S/c1-20-8-11-24(12-9-20)35-14-15-36-26-13-10-21(17-27(26)34-2)16-23(18-30)28(33)32-29-31-25(19-37-29)22-6-4-3-5-7-22/h3-13,16-17,19H,14-15H2,1-2H3,(H,31,32,33). The monoisotopic (exact) mass is 511 g/mol. The first-order valence-corrected chi connectivity index (χ1v) is 12.4. The van der Waals surface area contributed by atoms with E-state index in [2.05, 4.69) is 10.3 Å². The maximum absolute atomic E-state index is 12.7. The maximum atomic E-state index is 12.7. The highest BCUT2D eigenvalue weighted by Crippen LogP contribution is 2.29. The van der Waals surface area contributed by atoms with Gasteiger partial charge in [-0.15, -0.1) is 11.3 Å². The van der Waals surface area contributed by atoms with Crippen LogP contribution in [0.2, 0.25) is 0 Å². The van der Waals surface area contributed by atoms with Crippen molar-refractivity contribution in [2.45, 2.75) is 6.92 Å². The molecule has 0 bridgehead atoms. The van der Waals surface area contributed by atoms with Crippen LogP contribution in [0.4, 0.5) is 5.13 Å². The van der Waals surface area contributed by atoms with Crippen molar-refractivity contribution < 1.29 is 19.0 Å². The summed E-state index contributed by atoms with van der Waals surface area (Å²) in [5.74, 6) is 1.25. The van der Waals surface area contributed by atoms with Gasteiger partial charge in [-0.05, 0) is 42.8 Å². The first-order chi connectivity index (χ1) is 18.1. The number of ether oxygens (including phenoxy) is 3. The van der Waals surface area contributed by atoms with Crippen LogP contribution in [0.3, 0.4) is 0 Å². The second-order valence-electron chi connectivity index (χ2n) is 7.95. The van der Waals surface area contributed by atoms with Crippen LogP contribution >= 0.6 is 11.3 Å². The number of rotatable bonds is 10. The Balaban J connectivity index is 1.37. The van der Waals surface area contributed by atoms with Crippen LogP contribution in [0.25, 0.3) is 17.3 Å². The zero-order valence-corrected chi connectivity index (χ0v) is 21.2. The summed E-state index contributed by atoms with van der Waals surface area (Å²) in [5.41, 5.74) is 3.44. The Hall–Kier alpha value is -4.61. The number of carbonyl (C=O) groups is 1. The average Bonchev–Trinajstić information content (AvgIpc) is 3.40. The van der Waals surface area contributed by atoms with Crippen LogP contribution in [-0.4, -0.2) is 31.2 Å². The molecule has 1 aromatic heterocycles. The Morgan fingerprint density at radius 1 is 1.03 bits per heavy atom. The predicted molar refractivity (Wildman–Crippen MR) is 145 cm³/mol. The summed E-state index contributed by atoms with van der Waals surface area (Å²) < 4.78 is 16.9. The molecule has 0 saturated heterocycles. The van der Waals surface area contributed by atoms with Gasteiger partial charge in [-0.1, -0.05) is 54.1 Å². The average molecular weight is 512 g/mol. The number of carbonyl (C=O) groups excluding carboxylic acids is 1. The second kappa shape index (κ2) is 12.4. The largest absolute Gasteiger partial charge is 0.493 e. The summed E-state index contributed by atoms with van der Waals surface area (Å²) >= 11 is 1.30. The van der Waals surface area contributed by atoms with Gasteiger partial charge in [0, 0.05) is 10.9 Å². The van der Waals surface area contributed by atoms with Gasteiger partial charge in [-0.25, -0.2) is 4.98 Å². The number of hydrogen-bond acceptors (Lipinski definition) is 7. The molecule has 0 unspecified atom stereocenters. The molecule has 37 heavy (non-hydrogen) atoms. The van der Waals surface area contributed by atoms with E-state index in [1.54, 1.807) is 18.2 Å². The van der Waals surface area contributed by atoms with Crippen molar-refractivity contribution in [2.24, 2.45) is 0 Å². The summed E-state index contributed by atoms with van der Waals surface area (Å²) in [6.45, 7) is 2.71. The molecule has 1 N–H and O–H groups in total. The minimum absolute atomic E-state index is 0.0568. The van der Waals surface area contributed by atoms with Gasteiger partial charge >= 0.3 is 0 Å². The minimum atomic E-state index is -0.538. The van der Waals surface area contributed by atoms with E-state index in [0.717, 1.165) is 17.0 Å². The summed E-state index contributed by atoms with van der Waals surface area (Å²) in [4.78, 5) is 17.2. The van der Waals surface area contributed by atoms with Gasteiger partial charge in [-0.3, -0.25) is 10.1 Å². The fraction of sp³-hybridized carbons (Fsp3) is 0.138. The molecular weight excluding hydrogens is 486 g/mol. The molecule has 1 heterocycles. The van der Waals surface area contributed by atoms with E-state index in [9.17, 15) is 10.1 Å². The molecule has 0 aliphatic carbocycles. The number of aryl methyl sites for hydroxylation is 1. The van der Waals surface area contributed by atoms with Crippen molar-refractivity contribution in [1.29, 1.82) is 5.26 Å². The van der Waals surface area contributed by atoms with Gasteiger partial charge in [0.15, 0.2) is 16.6 Å². The fourth-order valence-electron chi connectivity index (χ4n) is 3.39. The van der Waals surface area contributed by atoms with Crippen molar-refractivity contribution in [3.8, 4) is 34.6 Å². The van der Waals surface area contributed by atoms with E-state index in [4.69, 9.17) is 14.2 Å². The number of hydrogen-bond donors (Lipinski definition) is 1.